The van der Waals surface area contributed by atoms with Gasteiger partial charge in [0.05, 0.1) is 0 Å². The van der Waals surface area contributed by atoms with Crippen LogP contribution in [0.5, 0.6) is 0 Å². The Kier molecular flexibility index (Phi) is 5.98. The van der Waals surface area contributed by atoms with Gasteiger partial charge in [0.15, 0.2) is 0 Å². The van der Waals surface area contributed by atoms with E-state index in [0.29, 0.717) is 13.0 Å². The molecule has 1 saturated heterocycles. The summed E-state index contributed by atoms with van der Waals surface area (Å²) >= 11 is 1.94. The molecule has 2 aromatic carbocycles. The van der Waals surface area contributed by atoms with Gasteiger partial charge in [-0.05, 0) is 35.7 Å². The molecule has 0 saturated carbocycles. The first-order valence-corrected chi connectivity index (χ1v) is 10.8. The van der Waals surface area contributed by atoms with Gasteiger partial charge in [-0.3, -0.25) is 9.69 Å². The quantitative estimate of drug-likeness (QED) is 0.666. The normalized spacial score (nSPS) is 16.2. The summed E-state index contributed by atoms with van der Waals surface area (Å²) in [5.74, 6) is 1.91. The van der Waals surface area contributed by atoms with Gasteiger partial charge in [-0.1, -0.05) is 30.3 Å². The van der Waals surface area contributed by atoms with E-state index in [2.05, 4.69) is 15.2 Å². The zero-order valence-electron chi connectivity index (χ0n) is 15.7. The molecule has 4 rings (SSSR count). The van der Waals surface area contributed by atoms with E-state index in [-0.39, 0.29) is 17.8 Å². The molecule has 1 amide bonds. The molecule has 1 fully saturated rings. The number of aromatic amines is 1. The van der Waals surface area contributed by atoms with Gasteiger partial charge < -0.3 is 10.3 Å². The topological polar surface area (TPSA) is 48.1 Å². The van der Waals surface area contributed by atoms with Gasteiger partial charge >= 0.3 is 0 Å². The number of hydrogen-bond donors (Lipinski definition) is 2. The van der Waals surface area contributed by atoms with E-state index in [4.69, 9.17) is 0 Å². The predicted octanol–water partition coefficient (Wildman–Crippen LogP) is 3.76. The van der Waals surface area contributed by atoms with E-state index in [1.54, 1.807) is 6.07 Å². The summed E-state index contributed by atoms with van der Waals surface area (Å²) in [5, 5.41) is 4.12. The number of aromatic nitrogens is 1. The number of nitrogens with zero attached hydrogens (tertiary/aromatic N) is 1. The van der Waals surface area contributed by atoms with Gasteiger partial charge in [-0.15, -0.1) is 0 Å². The monoisotopic (exact) mass is 397 g/mol. The van der Waals surface area contributed by atoms with Gasteiger partial charge in [-0.25, -0.2) is 4.39 Å². The number of fused-ring (bicyclic) bond motifs is 1. The van der Waals surface area contributed by atoms with Crippen LogP contribution in [-0.2, 0) is 11.2 Å². The average Bonchev–Trinajstić information content (AvgIpc) is 3.12. The number of amides is 1. The van der Waals surface area contributed by atoms with E-state index in [9.17, 15) is 9.18 Å². The molecule has 2 N–H and O–H groups in total. The van der Waals surface area contributed by atoms with Gasteiger partial charge in [-0.2, -0.15) is 11.8 Å². The highest BCUT2D eigenvalue weighted by Gasteiger charge is 2.28. The number of benzene rings is 2. The second-order valence-electron chi connectivity index (χ2n) is 7.01. The molecule has 3 aromatic rings. The van der Waals surface area contributed by atoms with Crippen LogP contribution >= 0.6 is 11.8 Å². The minimum Gasteiger partial charge on any atom is -0.361 e. The van der Waals surface area contributed by atoms with Crippen LogP contribution in [0.2, 0.25) is 0 Å². The first-order valence-electron chi connectivity index (χ1n) is 9.62. The second kappa shape index (κ2) is 8.80. The fourth-order valence-electron chi connectivity index (χ4n) is 3.78. The predicted molar refractivity (Wildman–Crippen MR) is 113 cm³/mol. The number of H-pyrrole nitrogens is 1. The summed E-state index contributed by atoms with van der Waals surface area (Å²) in [6, 6.07) is 14.5. The zero-order chi connectivity index (χ0) is 19.3. The largest absolute Gasteiger partial charge is 0.361 e. The molecule has 0 bridgehead atoms. The highest BCUT2D eigenvalue weighted by molar-refractivity contribution is 7.99. The SMILES string of the molecule is O=C(NCCc1c[nH]c2cc(F)ccc12)[C@H](c1ccccc1)N1CCSCC1. The lowest BCUT2D eigenvalue weighted by molar-refractivity contribution is -0.126. The van der Waals surface area contributed by atoms with Crippen LogP contribution in [0.25, 0.3) is 10.9 Å². The molecule has 0 unspecified atom stereocenters. The lowest BCUT2D eigenvalue weighted by Crippen LogP contribution is -2.44. The Morgan fingerprint density at radius 1 is 1.18 bits per heavy atom. The molecule has 6 heteroatoms. The maximum absolute atomic E-state index is 13.3. The Bertz CT molecular complexity index is 937. The van der Waals surface area contributed by atoms with Crippen LogP contribution in [-0.4, -0.2) is 46.9 Å². The van der Waals surface area contributed by atoms with E-state index in [1.165, 1.54) is 12.1 Å². The molecule has 1 aliphatic rings. The molecule has 1 atom stereocenters. The minimum absolute atomic E-state index is 0.0454. The van der Waals surface area contributed by atoms with Crippen molar-refractivity contribution in [2.45, 2.75) is 12.5 Å². The molecular formula is C22H24FN3OS. The highest BCUT2D eigenvalue weighted by atomic mass is 32.2. The van der Waals surface area contributed by atoms with E-state index in [0.717, 1.165) is 46.6 Å². The number of rotatable bonds is 6. The fraction of sp³-hybridized carbons (Fsp3) is 0.318. The highest BCUT2D eigenvalue weighted by Crippen LogP contribution is 2.25. The first-order chi connectivity index (χ1) is 13.7. The van der Waals surface area contributed by atoms with Gasteiger partial charge in [0.1, 0.15) is 11.9 Å². The Morgan fingerprint density at radius 3 is 2.75 bits per heavy atom. The van der Waals surface area contributed by atoms with Crippen molar-refractivity contribution < 1.29 is 9.18 Å². The number of thioether (sulfide) groups is 1. The van der Waals surface area contributed by atoms with E-state index < -0.39 is 0 Å². The minimum atomic E-state index is -0.251. The first kappa shape index (κ1) is 19.0. The Balaban J connectivity index is 1.43. The summed E-state index contributed by atoms with van der Waals surface area (Å²) in [6.07, 6.45) is 2.60. The van der Waals surface area contributed by atoms with E-state index >= 15 is 0 Å². The molecule has 4 nitrogen and oxygen atoms in total. The third-order valence-electron chi connectivity index (χ3n) is 5.20. The number of halogens is 1. The Hall–Kier alpha value is -2.31. The van der Waals surface area contributed by atoms with Crippen molar-refractivity contribution in [3.05, 3.63) is 71.7 Å². The number of hydrogen-bond acceptors (Lipinski definition) is 3. The van der Waals surface area contributed by atoms with Crippen molar-refractivity contribution >= 4 is 28.6 Å². The van der Waals surface area contributed by atoms with Gasteiger partial charge in [0, 0.05) is 48.2 Å². The van der Waals surface area contributed by atoms with Crippen molar-refractivity contribution in [3.63, 3.8) is 0 Å². The third-order valence-corrected chi connectivity index (χ3v) is 6.14. The average molecular weight is 398 g/mol. The molecule has 0 aliphatic carbocycles. The van der Waals surface area contributed by atoms with Crippen molar-refractivity contribution in [2.75, 3.05) is 31.1 Å². The molecule has 28 heavy (non-hydrogen) atoms. The molecule has 1 aliphatic heterocycles. The van der Waals surface area contributed by atoms with Crippen LogP contribution in [0.1, 0.15) is 17.2 Å². The van der Waals surface area contributed by atoms with E-state index in [1.807, 2.05) is 48.3 Å². The number of nitrogens with one attached hydrogen (secondary N) is 2. The summed E-state index contributed by atoms with van der Waals surface area (Å²) in [4.78, 5) is 18.4. The lowest BCUT2D eigenvalue weighted by Gasteiger charge is -2.33. The molecule has 146 valence electrons. The maximum atomic E-state index is 13.3. The standard InChI is InChI=1S/C22H24FN3OS/c23-18-6-7-19-17(15-25-20(19)14-18)8-9-24-22(27)21(16-4-2-1-3-5-16)26-10-12-28-13-11-26/h1-7,14-15,21,25H,8-13H2,(H,24,27)/t21-/m0/s1. The molecule has 0 radical (unpaired) electrons. The van der Waals surface area contributed by atoms with Crippen molar-refractivity contribution in [1.82, 2.24) is 15.2 Å². The molecular weight excluding hydrogens is 373 g/mol. The second-order valence-corrected chi connectivity index (χ2v) is 8.23. The Morgan fingerprint density at radius 2 is 1.96 bits per heavy atom. The Labute approximate surface area is 168 Å². The number of carbonyl (C=O) groups excluding carboxylic acids is 1. The van der Waals surface area contributed by atoms with Gasteiger partial charge in [0.2, 0.25) is 5.91 Å². The van der Waals surface area contributed by atoms with Crippen LogP contribution in [0, 0.1) is 5.82 Å². The smallest absolute Gasteiger partial charge is 0.241 e. The fourth-order valence-corrected chi connectivity index (χ4v) is 4.71. The lowest BCUT2D eigenvalue weighted by atomic mass is 10.0. The molecule has 0 spiro atoms. The summed E-state index contributed by atoms with van der Waals surface area (Å²) in [7, 11) is 0. The number of carbonyl (C=O) groups is 1. The maximum Gasteiger partial charge on any atom is 0.241 e. The van der Waals surface area contributed by atoms with Crippen molar-refractivity contribution in [1.29, 1.82) is 0 Å². The van der Waals surface area contributed by atoms with Gasteiger partial charge in [0.25, 0.3) is 0 Å². The summed E-state index contributed by atoms with van der Waals surface area (Å²) in [6.45, 7) is 2.40. The summed E-state index contributed by atoms with van der Waals surface area (Å²) < 4.78 is 13.3. The zero-order valence-corrected chi connectivity index (χ0v) is 16.5. The summed E-state index contributed by atoms with van der Waals surface area (Å²) in [5.41, 5.74) is 2.91. The van der Waals surface area contributed by atoms with Crippen LogP contribution in [0.3, 0.4) is 0 Å². The van der Waals surface area contributed by atoms with Crippen molar-refractivity contribution in [3.8, 4) is 0 Å². The van der Waals surface area contributed by atoms with Crippen LogP contribution in [0.4, 0.5) is 4.39 Å². The van der Waals surface area contributed by atoms with Crippen LogP contribution < -0.4 is 5.32 Å². The van der Waals surface area contributed by atoms with Crippen molar-refractivity contribution in [2.24, 2.45) is 0 Å². The molecule has 1 aromatic heterocycles. The van der Waals surface area contributed by atoms with Crippen LogP contribution in [0.15, 0.2) is 54.7 Å². The third kappa shape index (κ3) is 4.23. The molecule has 2 heterocycles.